The average Bonchev–Trinajstić information content (AvgIpc) is 2.73. The lowest BCUT2D eigenvalue weighted by atomic mass is 10.0. The van der Waals surface area contributed by atoms with Crippen LogP contribution in [0.5, 0.6) is 0 Å². The molecule has 8 N–H and O–H groups in total. The van der Waals surface area contributed by atoms with E-state index in [1.54, 1.807) is 0 Å². The molecular formula is C20H39N5O5S2. The fourth-order valence-corrected chi connectivity index (χ4v) is 3.57. The first-order valence-corrected chi connectivity index (χ1v) is 12.8. The minimum absolute atomic E-state index is 0.0850. The monoisotopic (exact) mass is 493 g/mol. The minimum Gasteiger partial charge on any atom is -0.480 e. The lowest BCUT2D eigenvalue weighted by Crippen LogP contribution is -2.57. The van der Waals surface area contributed by atoms with Crippen LogP contribution in [0.4, 0.5) is 0 Å². The zero-order valence-corrected chi connectivity index (χ0v) is 20.8. The van der Waals surface area contributed by atoms with E-state index in [0.717, 1.165) is 6.42 Å². The van der Waals surface area contributed by atoms with Crippen molar-refractivity contribution in [3.05, 3.63) is 0 Å². The molecule has 12 heteroatoms. The van der Waals surface area contributed by atoms with Crippen LogP contribution >= 0.6 is 24.4 Å². The Morgan fingerprint density at radius 2 is 1.50 bits per heavy atom. The van der Waals surface area contributed by atoms with Crippen molar-refractivity contribution in [2.24, 2.45) is 17.4 Å². The van der Waals surface area contributed by atoms with E-state index in [9.17, 15) is 19.2 Å². The second-order valence-electron chi connectivity index (χ2n) is 8.01. The van der Waals surface area contributed by atoms with Gasteiger partial charge < -0.3 is 32.5 Å². The fraction of sp³-hybridized carbons (Fsp3) is 0.800. The summed E-state index contributed by atoms with van der Waals surface area (Å²) >= 11 is 5.43. The van der Waals surface area contributed by atoms with Gasteiger partial charge in [-0.3, -0.25) is 14.4 Å². The van der Waals surface area contributed by atoms with E-state index >= 15 is 0 Å². The highest BCUT2D eigenvalue weighted by molar-refractivity contribution is 7.98. The molecule has 0 aromatic heterocycles. The molecule has 0 saturated heterocycles. The van der Waals surface area contributed by atoms with E-state index in [-0.39, 0.29) is 11.7 Å². The Morgan fingerprint density at radius 3 is 2.00 bits per heavy atom. The lowest BCUT2D eigenvalue weighted by molar-refractivity contribution is -0.141. The highest BCUT2D eigenvalue weighted by atomic mass is 32.2. The zero-order valence-electron chi connectivity index (χ0n) is 19.1. The first-order valence-electron chi connectivity index (χ1n) is 10.8. The topological polar surface area (TPSA) is 177 Å². The van der Waals surface area contributed by atoms with Crippen molar-refractivity contribution in [2.45, 2.75) is 70.1 Å². The van der Waals surface area contributed by atoms with Crippen molar-refractivity contribution in [3.63, 3.8) is 0 Å². The van der Waals surface area contributed by atoms with Crippen LogP contribution in [0.25, 0.3) is 0 Å². The molecule has 186 valence electrons. The minimum atomic E-state index is -1.21. The molecular weight excluding hydrogens is 454 g/mol. The number of carbonyl (C=O) groups excluding carboxylic acids is 3. The molecule has 4 atom stereocenters. The van der Waals surface area contributed by atoms with Gasteiger partial charge in [-0.05, 0) is 50.2 Å². The maximum atomic E-state index is 13.0. The maximum Gasteiger partial charge on any atom is 0.327 e. The molecule has 0 aliphatic rings. The fourth-order valence-electron chi connectivity index (χ4n) is 2.86. The number of nitrogens with two attached hydrogens (primary N) is 2. The van der Waals surface area contributed by atoms with Crippen molar-refractivity contribution in [1.82, 2.24) is 16.0 Å². The number of thioether (sulfide) groups is 1. The third kappa shape index (κ3) is 12.5. The number of carboxylic acid groups (broad SMARTS) is 1. The molecule has 4 unspecified atom stereocenters. The molecule has 0 spiro atoms. The number of hydrogen-bond donors (Lipinski definition) is 7. The number of hydrogen-bond acceptors (Lipinski definition) is 8. The summed E-state index contributed by atoms with van der Waals surface area (Å²) in [5, 5.41) is 16.9. The first kappa shape index (κ1) is 30.5. The number of rotatable bonds is 17. The third-order valence-corrected chi connectivity index (χ3v) is 5.70. The number of aliphatic carboxylic acids is 1. The van der Waals surface area contributed by atoms with Crippen molar-refractivity contribution in [1.29, 1.82) is 0 Å². The van der Waals surface area contributed by atoms with Crippen LogP contribution in [-0.4, -0.2) is 77.3 Å². The molecule has 10 nitrogen and oxygen atoms in total. The average molecular weight is 494 g/mol. The Kier molecular flexibility index (Phi) is 16.2. The number of unbranched alkanes of at least 4 members (excludes halogenated alkanes) is 1. The summed E-state index contributed by atoms with van der Waals surface area (Å²) in [6.07, 6.45) is 4.44. The molecule has 0 radical (unpaired) electrons. The van der Waals surface area contributed by atoms with E-state index in [2.05, 4.69) is 28.6 Å². The molecule has 0 saturated carbocycles. The Balaban J connectivity index is 5.28. The number of carbonyl (C=O) groups is 4. The molecule has 0 fully saturated rings. The summed E-state index contributed by atoms with van der Waals surface area (Å²) in [5.41, 5.74) is 11.4. The molecule has 0 aromatic carbocycles. The van der Waals surface area contributed by atoms with E-state index < -0.39 is 47.9 Å². The molecule has 0 aromatic rings. The summed E-state index contributed by atoms with van der Waals surface area (Å²) < 4.78 is 0. The van der Waals surface area contributed by atoms with E-state index in [4.69, 9.17) is 16.6 Å². The van der Waals surface area contributed by atoms with Gasteiger partial charge in [0.15, 0.2) is 0 Å². The lowest BCUT2D eigenvalue weighted by Gasteiger charge is -2.26. The number of amides is 3. The zero-order chi connectivity index (χ0) is 24.7. The van der Waals surface area contributed by atoms with Gasteiger partial charge in [0.05, 0.1) is 6.04 Å². The van der Waals surface area contributed by atoms with Crippen molar-refractivity contribution in [3.8, 4) is 0 Å². The molecule has 3 amide bonds. The molecule has 0 heterocycles. The smallest absolute Gasteiger partial charge is 0.327 e. The second kappa shape index (κ2) is 17.0. The van der Waals surface area contributed by atoms with E-state index in [1.807, 2.05) is 20.1 Å². The largest absolute Gasteiger partial charge is 0.480 e. The van der Waals surface area contributed by atoms with Crippen LogP contribution in [-0.2, 0) is 19.2 Å². The Morgan fingerprint density at radius 1 is 0.938 bits per heavy atom. The standard InChI is InChI=1S/C20H39N5O5S2/c1-12(2)10-15(24-17(26)13(22)6-4-5-8-21)19(28)23-14(7-9-32-3)18(27)25-16(11-31)20(29)30/h12-16,31H,4-11,21-22H2,1-3H3,(H,23,28)(H,24,26)(H,25,27)(H,29,30). The van der Waals surface area contributed by atoms with Gasteiger partial charge in [0.25, 0.3) is 0 Å². The van der Waals surface area contributed by atoms with Crippen molar-refractivity contribution in [2.75, 3.05) is 24.3 Å². The van der Waals surface area contributed by atoms with E-state index in [1.165, 1.54) is 11.8 Å². The normalized spacial score (nSPS) is 14.8. The van der Waals surface area contributed by atoms with Gasteiger partial charge in [0, 0.05) is 5.75 Å². The molecule has 0 rings (SSSR count). The predicted molar refractivity (Wildman–Crippen MR) is 131 cm³/mol. The van der Waals surface area contributed by atoms with Crippen LogP contribution in [0.15, 0.2) is 0 Å². The van der Waals surface area contributed by atoms with Gasteiger partial charge in [-0.1, -0.05) is 20.3 Å². The van der Waals surface area contributed by atoms with Crippen molar-refractivity contribution < 1.29 is 24.3 Å². The van der Waals surface area contributed by atoms with Crippen molar-refractivity contribution >= 4 is 48.1 Å². The summed E-state index contributed by atoms with van der Waals surface area (Å²) in [6.45, 7) is 4.34. The maximum absolute atomic E-state index is 13.0. The summed E-state index contributed by atoms with van der Waals surface area (Å²) in [6, 6.07) is -3.74. The Bertz CT molecular complexity index is 609. The van der Waals surface area contributed by atoms with Crippen LogP contribution in [0, 0.1) is 5.92 Å². The molecule has 32 heavy (non-hydrogen) atoms. The van der Waals surface area contributed by atoms with Crippen LogP contribution in [0.2, 0.25) is 0 Å². The van der Waals surface area contributed by atoms with Crippen LogP contribution < -0.4 is 27.4 Å². The summed E-state index contributed by atoms with van der Waals surface area (Å²) in [4.78, 5) is 49.3. The van der Waals surface area contributed by atoms with Gasteiger partial charge in [0.2, 0.25) is 17.7 Å². The summed E-state index contributed by atoms with van der Waals surface area (Å²) in [7, 11) is 0. The number of thiol groups is 1. The Labute approximate surface area is 200 Å². The van der Waals surface area contributed by atoms with Crippen LogP contribution in [0.3, 0.4) is 0 Å². The molecule has 0 bridgehead atoms. The summed E-state index contributed by atoms with van der Waals surface area (Å²) in [5.74, 6) is -2.19. The van der Waals surface area contributed by atoms with Crippen LogP contribution in [0.1, 0.15) is 46.0 Å². The molecule has 0 aliphatic heterocycles. The Hall–Kier alpha value is -1.50. The molecule has 0 aliphatic carbocycles. The predicted octanol–water partition coefficient (Wildman–Crippen LogP) is -0.289. The highest BCUT2D eigenvalue weighted by Crippen LogP contribution is 2.09. The number of carboxylic acids is 1. The van der Waals surface area contributed by atoms with Gasteiger partial charge in [-0.15, -0.1) is 0 Å². The van der Waals surface area contributed by atoms with Gasteiger partial charge >= 0.3 is 5.97 Å². The number of nitrogens with one attached hydrogen (secondary N) is 3. The van der Waals surface area contributed by atoms with E-state index in [0.29, 0.717) is 38.0 Å². The van der Waals surface area contributed by atoms with Gasteiger partial charge in [0.1, 0.15) is 18.1 Å². The van der Waals surface area contributed by atoms with Gasteiger partial charge in [-0.2, -0.15) is 24.4 Å². The second-order valence-corrected chi connectivity index (χ2v) is 9.36. The SMILES string of the molecule is CSCCC(NC(=O)C(CC(C)C)NC(=O)C(N)CCCCN)C(=O)NC(CS)C(=O)O. The quantitative estimate of drug-likeness (QED) is 0.107. The highest BCUT2D eigenvalue weighted by Gasteiger charge is 2.30. The third-order valence-electron chi connectivity index (χ3n) is 4.69. The van der Waals surface area contributed by atoms with Gasteiger partial charge in [-0.25, -0.2) is 4.79 Å². The first-order chi connectivity index (χ1) is 15.1.